The van der Waals surface area contributed by atoms with Crippen molar-refractivity contribution in [1.29, 1.82) is 0 Å². The Morgan fingerprint density at radius 1 is 1.17 bits per heavy atom. The van der Waals surface area contributed by atoms with E-state index in [-0.39, 0.29) is 22.1 Å². The van der Waals surface area contributed by atoms with E-state index in [9.17, 15) is 14.7 Å². The number of carbonyl (C=O) groups is 2. The van der Waals surface area contributed by atoms with Gasteiger partial charge in [-0.25, -0.2) is 0 Å². The van der Waals surface area contributed by atoms with Crippen molar-refractivity contribution in [2.45, 2.75) is 27.2 Å². The van der Waals surface area contributed by atoms with Crippen LogP contribution in [0.5, 0.6) is 5.75 Å². The third kappa shape index (κ3) is 4.36. The second-order valence-electron chi connectivity index (χ2n) is 6.15. The zero-order valence-electron chi connectivity index (χ0n) is 13.9. The fourth-order valence-corrected chi connectivity index (χ4v) is 2.62. The first-order valence-corrected chi connectivity index (χ1v) is 8.09. The van der Waals surface area contributed by atoms with Crippen molar-refractivity contribution in [1.82, 2.24) is 0 Å². The van der Waals surface area contributed by atoms with Crippen molar-refractivity contribution in [2.24, 2.45) is 5.92 Å². The fourth-order valence-electron chi connectivity index (χ4n) is 2.39. The Hall–Kier alpha value is -2.33. The Morgan fingerprint density at radius 3 is 2.46 bits per heavy atom. The van der Waals surface area contributed by atoms with Crippen molar-refractivity contribution < 1.29 is 14.7 Å². The molecule has 24 heavy (non-hydrogen) atoms. The number of benzene rings is 2. The molecule has 0 bridgehead atoms. The van der Waals surface area contributed by atoms with Gasteiger partial charge in [0, 0.05) is 5.56 Å². The summed E-state index contributed by atoms with van der Waals surface area (Å²) in [7, 11) is 0. The quantitative estimate of drug-likeness (QED) is 0.772. The van der Waals surface area contributed by atoms with Gasteiger partial charge in [0.2, 0.25) is 0 Å². The number of amides is 1. The summed E-state index contributed by atoms with van der Waals surface area (Å²) >= 11 is 6.12. The summed E-state index contributed by atoms with van der Waals surface area (Å²) in [5.74, 6) is -0.195. The summed E-state index contributed by atoms with van der Waals surface area (Å²) in [5.41, 5.74) is 2.03. The summed E-state index contributed by atoms with van der Waals surface area (Å²) in [6.45, 7) is 5.62. The Labute approximate surface area is 146 Å². The lowest BCUT2D eigenvalue weighted by molar-refractivity contribution is 0.101. The molecule has 0 aromatic heterocycles. The molecular formula is C19H20ClNO3. The van der Waals surface area contributed by atoms with Crippen LogP contribution in [0.25, 0.3) is 0 Å². The number of anilines is 1. The third-order valence-electron chi connectivity index (χ3n) is 3.57. The van der Waals surface area contributed by atoms with Gasteiger partial charge in [-0.15, -0.1) is 0 Å². The van der Waals surface area contributed by atoms with Crippen molar-refractivity contribution >= 4 is 29.0 Å². The van der Waals surface area contributed by atoms with E-state index in [0.29, 0.717) is 17.2 Å². The molecule has 0 saturated carbocycles. The molecule has 0 fully saturated rings. The van der Waals surface area contributed by atoms with Crippen molar-refractivity contribution in [2.75, 3.05) is 5.32 Å². The average Bonchev–Trinajstić information content (AvgIpc) is 2.50. The molecule has 0 heterocycles. The molecular weight excluding hydrogens is 326 g/mol. The molecule has 0 saturated heterocycles. The van der Waals surface area contributed by atoms with E-state index >= 15 is 0 Å². The lowest BCUT2D eigenvalue weighted by Gasteiger charge is -2.11. The van der Waals surface area contributed by atoms with Crippen LogP contribution in [0.4, 0.5) is 5.69 Å². The van der Waals surface area contributed by atoms with Crippen molar-refractivity contribution in [3.05, 3.63) is 58.1 Å². The fraction of sp³-hybridized carbons (Fsp3) is 0.263. The number of phenolic OH excluding ortho intramolecular Hbond substituents is 1. The molecule has 2 aromatic rings. The minimum absolute atomic E-state index is 0.0866. The average molecular weight is 346 g/mol. The molecule has 0 aliphatic carbocycles. The number of hydrogen-bond donors (Lipinski definition) is 2. The number of phenols is 1. The van der Waals surface area contributed by atoms with Crippen LogP contribution in [-0.2, 0) is 6.42 Å². The minimum Gasteiger partial charge on any atom is -0.507 e. The third-order valence-corrected chi connectivity index (χ3v) is 3.89. The molecule has 5 heteroatoms. The van der Waals surface area contributed by atoms with E-state index in [2.05, 4.69) is 19.2 Å². The molecule has 0 unspecified atom stereocenters. The van der Waals surface area contributed by atoms with Crippen molar-refractivity contribution in [3.8, 4) is 5.75 Å². The summed E-state index contributed by atoms with van der Waals surface area (Å²) in [6.07, 6.45) is 0.814. The first-order valence-electron chi connectivity index (χ1n) is 7.71. The van der Waals surface area contributed by atoms with E-state index in [4.69, 9.17) is 11.6 Å². The number of carbonyl (C=O) groups excluding carboxylic acids is 2. The van der Waals surface area contributed by atoms with Gasteiger partial charge in [0.25, 0.3) is 5.91 Å². The van der Waals surface area contributed by atoms with Crippen LogP contribution in [0.1, 0.15) is 47.1 Å². The van der Waals surface area contributed by atoms with Gasteiger partial charge in [0.05, 0.1) is 16.3 Å². The van der Waals surface area contributed by atoms with E-state index in [1.54, 1.807) is 24.3 Å². The Morgan fingerprint density at radius 2 is 1.88 bits per heavy atom. The highest BCUT2D eigenvalue weighted by Gasteiger charge is 2.15. The van der Waals surface area contributed by atoms with Gasteiger partial charge in [-0.1, -0.05) is 31.5 Å². The maximum Gasteiger partial charge on any atom is 0.259 e. The normalized spacial score (nSPS) is 10.7. The number of Topliss-reactive ketones (excluding diaryl/α,β-unsaturated/α-hetero) is 1. The maximum absolute atomic E-state index is 12.4. The molecule has 4 nitrogen and oxygen atoms in total. The minimum atomic E-state index is -0.449. The first-order chi connectivity index (χ1) is 11.3. The van der Waals surface area contributed by atoms with Crippen LogP contribution in [-0.4, -0.2) is 16.8 Å². The summed E-state index contributed by atoms with van der Waals surface area (Å²) < 4.78 is 0. The van der Waals surface area contributed by atoms with Crippen LogP contribution in [0.15, 0.2) is 36.4 Å². The molecule has 2 N–H and O–H groups in total. The second kappa shape index (κ2) is 7.49. The number of hydrogen-bond acceptors (Lipinski definition) is 3. The van der Waals surface area contributed by atoms with Gasteiger partial charge in [-0.3, -0.25) is 9.59 Å². The zero-order valence-corrected chi connectivity index (χ0v) is 14.6. The molecule has 1 amide bonds. The SMILES string of the molecule is CC(=O)c1ccc(NC(=O)c2cc(CC(C)C)ccc2O)c(Cl)c1. The predicted molar refractivity (Wildman–Crippen MR) is 96.1 cm³/mol. The summed E-state index contributed by atoms with van der Waals surface area (Å²) in [6, 6.07) is 9.69. The number of rotatable bonds is 5. The highest BCUT2D eigenvalue weighted by atomic mass is 35.5. The van der Waals surface area contributed by atoms with Gasteiger partial charge in [-0.2, -0.15) is 0 Å². The van der Waals surface area contributed by atoms with Gasteiger partial charge < -0.3 is 10.4 Å². The number of nitrogens with one attached hydrogen (secondary N) is 1. The molecule has 0 aliphatic heterocycles. The van der Waals surface area contributed by atoms with Crippen LogP contribution in [0.3, 0.4) is 0 Å². The van der Waals surface area contributed by atoms with Gasteiger partial charge >= 0.3 is 0 Å². The molecule has 2 aromatic carbocycles. The van der Waals surface area contributed by atoms with E-state index in [0.717, 1.165) is 12.0 Å². The molecule has 0 spiro atoms. The number of halogens is 1. The largest absolute Gasteiger partial charge is 0.507 e. The van der Waals surface area contributed by atoms with Gasteiger partial charge in [0.15, 0.2) is 5.78 Å². The Bertz CT molecular complexity index is 784. The van der Waals surface area contributed by atoms with Crippen LogP contribution < -0.4 is 5.32 Å². The van der Waals surface area contributed by atoms with Crippen molar-refractivity contribution in [3.63, 3.8) is 0 Å². The predicted octanol–water partition coefficient (Wildman–Crippen LogP) is 4.70. The monoisotopic (exact) mass is 345 g/mol. The zero-order chi connectivity index (χ0) is 17.9. The smallest absolute Gasteiger partial charge is 0.259 e. The summed E-state index contributed by atoms with van der Waals surface area (Å²) in [4.78, 5) is 23.8. The van der Waals surface area contributed by atoms with Crippen LogP contribution in [0.2, 0.25) is 5.02 Å². The maximum atomic E-state index is 12.4. The number of ketones is 1. The summed E-state index contributed by atoms with van der Waals surface area (Å²) in [5, 5.41) is 12.9. The van der Waals surface area contributed by atoms with Gasteiger partial charge in [-0.05, 0) is 55.2 Å². The second-order valence-corrected chi connectivity index (χ2v) is 6.56. The van der Waals surface area contributed by atoms with E-state index in [1.165, 1.54) is 19.1 Å². The number of aromatic hydroxyl groups is 1. The highest BCUT2D eigenvalue weighted by Crippen LogP contribution is 2.26. The van der Waals surface area contributed by atoms with Gasteiger partial charge in [0.1, 0.15) is 5.75 Å². The lowest BCUT2D eigenvalue weighted by atomic mass is 10.00. The topological polar surface area (TPSA) is 66.4 Å². The molecule has 0 aliphatic rings. The lowest BCUT2D eigenvalue weighted by Crippen LogP contribution is -2.13. The standard InChI is InChI=1S/C19H20ClNO3/c1-11(2)8-13-4-7-18(23)15(9-13)19(24)21-17-6-5-14(12(3)22)10-16(17)20/h4-7,9-11,23H,8H2,1-3H3,(H,21,24). The molecule has 2 rings (SSSR count). The van der Waals surface area contributed by atoms with E-state index in [1.807, 2.05) is 0 Å². The highest BCUT2D eigenvalue weighted by molar-refractivity contribution is 6.34. The Kier molecular flexibility index (Phi) is 5.62. The Balaban J connectivity index is 2.25. The molecule has 126 valence electrons. The van der Waals surface area contributed by atoms with Crippen LogP contribution in [0, 0.1) is 5.92 Å². The van der Waals surface area contributed by atoms with Crippen LogP contribution >= 0.6 is 11.6 Å². The molecule has 0 radical (unpaired) electrons. The molecule has 0 atom stereocenters. The first kappa shape index (κ1) is 18.0. The van der Waals surface area contributed by atoms with E-state index < -0.39 is 5.91 Å².